The second-order valence-corrected chi connectivity index (χ2v) is 5.12. The Morgan fingerprint density at radius 3 is 1.73 bits per heavy atom. The summed E-state index contributed by atoms with van der Waals surface area (Å²) in [6.45, 7) is 9.06. The standard InChI is InChI=1S/C15H22/c1-10-11(2)13(4)15(12(10)3)9-14-7-5-6-8-14/h9,14H,5-8H2,1-4H3. The first-order valence-electron chi connectivity index (χ1n) is 6.19. The molecule has 0 spiro atoms. The summed E-state index contributed by atoms with van der Waals surface area (Å²) in [7, 11) is 0. The third kappa shape index (κ3) is 1.82. The lowest BCUT2D eigenvalue weighted by molar-refractivity contribution is 0.682. The average Bonchev–Trinajstić information content (AvgIpc) is 2.79. The van der Waals surface area contributed by atoms with Crippen LogP contribution in [0.4, 0.5) is 0 Å². The number of allylic oxidation sites excluding steroid dienone is 6. The zero-order valence-corrected chi connectivity index (χ0v) is 10.5. The molecule has 2 aliphatic rings. The Labute approximate surface area is 93.8 Å². The van der Waals surface area contributed by atoms with Gasteiger partial charge in [-0.05, 0) is 74.3 Å². The van der Waals surface area contributed by atoms with E-state index in [0.29, 0.717) is 0 Å². The van der Waals surface area contributed by atoms with E-state index in [-0.39, 0.29) is 0 Å². The Morgan fingerprint density at radius 1 is 0.800 bits per heavy atom. The summed E-state index contributed by atoms with van der Waals surface area (Å²) in [5, 5.41) is 0. The fourth-order valence-electron chi connectivity index (χ4n) is 2.86. The van der Waals surface area contributed by atoms with Crippen molar-refractivity contribution in [1.29, 1.82) is 0 Å². The van der Waals surface area contributed by atoms with Crippen LogP contribution in [0.5, 0.6) is 0 Å². The molecular formula is C15H22. The van der Waals surface area contributed by atoms with Crippen LogP contribution in [0.2, 0.25) is 0 Å². The van der Waals surface area contributed by atoms with Crippen molar-refractivity contribution in [2.24, 2.45) is 5.92 Å². The van der Waals surface area contributed by atoms with E-state index in [1.54, 1.807) is 0 Å². The van der Waals surface area contributed by atoms with Gasteiger partial charge in [0.2, 0.25) is 0 Å². The molecule has 2 aliphatic carbocycles. The van der Waals surface area contributed by atoms with Crippen molar-refractivity contribution in [2.75, 3.05) is 0 Å². The maximum absolute atomic E-state index is 2.54. The second kappa shape index (κ2) is 4.00. The van der Waals surface area contributed by atoms with Gasteiger partial charge in [-0.25, -0.2) is 0 Å². The Hall–Kier alpha value is -0.780. The Morgan fingerprint density at radius 2 is 1.27 bits per heavy atom. The van der Waals surface area contributed by atoms with Gasteiger partial charge < -0.3 is 0 Å². The molecule has 0 nitrogen and oxygen atoms in total. The number of rotatable bonds is 1. The molecule has 0 saturated heterocycles. The highest BCUT2D eigenvalue weighted by molar-refractivity contribution is 5.61. The molecule has 82 valence electrons. The topological polar surface area (TPSA) is 0 Å². The summed E-state index contributed by atoms with van der Waals surface area (Å²) in [5.41, 5.74) is 7.55. The normalized spacial score (nSPS) is 23.3. The maximum Gasteiger partial charge on any atom is -0.0224 e. The minimum Gasteiger partial charge on any atom is -0.0736 e. The predicted octanol–water partition coefficient (Wildman–Crippen LogP) is 4.79. The summed E-state index contributed by atoms with van der Waals surface area (Å²) in [6.07, 6.45) is 8.21. The van der Waals surface area contributed by atoms with E-state index in [2.05, 4.69) is 33.8 Å². The second-order valence-electron chi connectivity index (χ2n) is 5.12. The van der Waals surface area contributed by atoms with Crippen molar-refractivity contribution in [2.45, 2.75) is 53.4 Å². The van der Waals surface area contributed by atoms with Crippen LogP contribution in [0.15, 0.2) is 33.9 Å². The molecule has 2 rings (SSSR count). The summed E-state index contributed by atoms with van der Waals surface area (Å²) >= 11 is 0. The van der Waals surface area contributed by atoms with Crippen LogP contribution >= 0.6 is 0 Å². The van der Waals surface area contributed by atoms with Crippen LogP contribution in [0.1, 0.15) is 53.4 Å². The Balaban J connectivity index is 2.30. The van der Waals surface area contributed by atoms with Crippen LogP contribution in [0, 0.1) is 5.92 Å². The predicted molar refractivity (Wildman–Crippen MR) is 66.8 cm³/mol. The van der Waals surface area contributed by atoms with Gasteiger partial charge in [0.25, 0.3) is 0 Å². The lowest BCUT2D eigenvalue weighted by atomic mass is 9.97. The quantitative estimate of drug-likeness (QED) is 0.573. The summed E-state index contributed by atoms with van der Waals surface area (Å²) in [5.74, 6) is 0.851. The van der Waals surface area contributed by atoms with Crippen molar-refractivity contribution < 1.29 is 0 Å². The zero-order chi connectivity index (χ0) is 11.0. The van der Waals surface area contributed by atoms with Gasteiger partial charge in [0.1, 0.15) is 0 Å². The maximum atomic E-state index is 2.54. The summed E-state index contributed by atoms with van der Waals surface area (Å²) < 4.78 is 0. The Kier molecular flexibility index (Phi) is 2.86. The van der Waals surface area contributed by atoms with Gasteiger partial charge in [-0.1, -0.05) is 18.9 Å². The molecule has 0 bridgehead atoms. The van der Waals surface area contributed by atoms with Crippen LogP contribution in [-0.4, -0.2) is 0 Å². The van der Waals surface area contributed by atoms with Crippen LogP contribution in [-0.2, 0) is 0 Å². The van der Waals surface area contributed by atoms with Gasteiger partial charge in [-0.3, -0.25) is 0 Å². The molecule has 0 radical (unpaired) electrons. The van der Waals surface area contributed by atoms with Gasteiger partial charge in [0.15, 0.2) is 0 Å². The summed E-state index contributed by atoms with van der Waals surface area (Å²) in [6, 6.07) is 0. The van der Waals surface area contributed by atoms with E-state index in [4.69, 9.17) is 0 Å². The first-order chi connectivity index (χ1) is 7.11. The minimum absolute atomic E-state index is 0.851. The SMILES string of the molecule is CC1=C(C)C(C)=C(C)C1=CC1CCCC1. The van der Waals surface area contributed by atoms with Gasteiger partial charge in [0.05, 0.1) is 0 Å². The third-order valence-electron chi connectivity index (χ3n) is 4.30. The number of hydrogen-bond acceptors (Lipinski definition) is 0. The van der Waals surface area contributed by atoms with Crippen molar-refractivity contribution in [3.8, 4) is 0 Å². The van der Waals surface area contributed by atoms with Gasteiger partial charge in [-0.15, -0.1) is 0 Å². The summed E-state index contributed by atoms with van der Waals surface area (Å²) in [4.78, 5) is 0. The van der Waals surface area contributed by atoms with E-state index >= 15 is 0 Å². The van der Waals surface area contributed by atoms with Crippen molar-refractivity contribution in [3.63, 3.8) is 0 Å². The molecule has 0 aliphatic heterocycles. The molecule has 0 heterocycles. The minimum atomic E-state index is 0.851. The molecule has 0 aromatic heterocycles. The van der Waals surface area contributed by atoms with Gasteiger partial charge in [0, 0.05) is 0 Å². The smallest absolute Gasteiger partial charge is 0.0224 e. The van der Waals surface area contributed by atoms with Gasteiger partial charge >= 0.3 is 0 Å². The van der Waals surface area contributed by atoms with Crippen LogP contribution < -0.4 is 0 Å². The van der Waals surface area contributed by atoms with Crippen molar-refractivity contribution in [1.82, 2.24) is 0 Å². The van der Waals surface area contributed by atoms with E-state index in [1.165, 1.54) is 53.5 Å². The van der Waals surface area contributed by atoms with E-state index in [9.17, 15) is 0 Å². The molecule has 0 aromatic carbocycles. The zero-order valence-electron chi connectivity index (χ0n) is 10.5. The van der Waals surface area contributed by atoms with Crippen molar-refractivity contribution >= 4 is 0 Å². The molecule has 0 aromatic rings. The highest BCUT2D eigenvalue weighted by Crippen LogP contribution is 2.38. The molecule has 0 heteroatoms. The average molecular weight is 202 g/mol. The first-order valence-corrected chi connectivity index (χ1v) is 6.19. The first kappa shape index (κ1) is 10.7. The Bertz CT molecular complexity index is 331. The molecular weight excluding hydrogens is 180 g/mol. The van der Waals surface area contributed by atoms with Crippen LogP contribution in [0.25, 0.3) is 0 Å². The molecule has 15 heavy (non-hydrogen) atoms. The fraction of sp³-hybridized carbons (Fsp3) is 0.600. The van der Waals surface area contributed by atoms with Crippen molar-refractivity contribution in [3.05, 3.63) is 33.9 Å². The lowest BCUT2D eigenvalue weighted by Gasteiger charge is -2.08. The molecule has 0 unspecified atom stereocenters. The monoisotopic (exact) mass is 202 g/mol. The van der Waals surface area contributed by atoms with E-state index < -0.39 is 0 Å². The van der Waals surface area contributed by atoms with E-state index in [1.807, 2.05) is 0 Å². The molecule has 0 atom stereocenters. The molecule has 0 amide bonds. The molecule has 0 N–H and O–H groups in total. The van der Waals surface area contributed by atoms with Crippen LogP contribution in [0.3, 0.4) is 0 Å². The van der Waals surface area contributed by atoms with E-state index in [0.717, 1.165) is 5.92 Å². The molecule has 1 saturated carbocycles. The lowest BCUT2D eigenvalue weighted by Crippen LogP contribution is -1.92. The number of hydrogen-bond donors (Lipinski definition) is 0. The van der Waals surface area contributed by atoms with Gasteiger partial charge in [-0.2, -0.15) is 0 Å². The highest BCUT2D eigenvalue weighted by Gasteiger charge is 2.20. The molecule has 1 fully saturated rings. The fourth-order valence-corrected chi connectivity index (χ4v) is 2.86. The highest BCUT2D eigenvalue weighted by atomic mass is 14.3. The largest absolute Gasteiger partial charge is 0.0736 e. The third-order valence-corrected chi connectivity index (χ3v) is 4.30.